The van der Waals surface area contributed by atoms with Gasteiger partial charge < -0.3 is 15.4 Å². The fourth-order valence-electron chi connectivity index (χ4n) is 3.03. The van der Waals surface area contributed by atoms with E-state index in [9.17, 15) is 9.59 Å². The van der Waals surface area contributed by atoms with Crippen molar-refractivity contribution in [3.63, 3.8) is 0 Å². The summed E-state index contributed by atoms with van der Waals surface area (Å²) < 4.78 is 5.16. The minimum Gasteiger partial charge on any atom is -0.497 e. The lowest BCUT2D eigenvalue weighted by molar-refractivity contribution is -0.112. The zero-order valence-corrected chi connectivity index (χ0v) is 17.2. The summed E-state index contributed by atoms with van der Waals surface area (Å²) in [5.74, 6) is 0.395. The highest BCUT2D eigenvalue weighted by molar-refractivity contribution is 8.04. The fourth-order valence-corrected chi connectivity index (χ4v) is 3.97. The van der Waals surface area contributed by atoms with Crippen molar-refractivity contribution in [3.05, 3.63) is 94.4 Å². The van der Waals surface area contributed by atoms with E-state index >= 15 is 0 Å². The molecule has 0 unspecified atom stereocenters. The second-order valence-corrected chi connectivity index (χ2v) is 7.80. The van der Waals surface area contributed by atoms with Crippen LogP contribution in [0.4, 0.5) is 5.69 Å². The Morgan fingerprint density at radius 3 is 2.57 bits per heavy atom. The molecule has 0 aliphatic carbocycles. The van der Waals surface area contributed by atoms with E-state index in [4.69, 9.17) is 4.74 Å². The molecule has 1 heterocycles. The number of nitrogens with one attached hydrogen (secondary N) is 2. The number of carbonyl (C=O) groups excluding carboxylic acids is 2. The maximum absolute atomic E-state index is 12.6. The quantitative estimate of drug-likeness (QED) is 0.591. The summed E-state index contributed by atoms with van der Waals surface area (Å²) in [6.07, 6.45) is 1.84. The van der Waals surface area contributed by atoms with Crippen LogP contribution in [0, 0.1) is 0 Å². The number of methoxy groups -OCH3 is 1. The van der Waals surface area contributed by atoms with E-state index in [2.05, 4.69) is 10.6 Å². The molecule has 0 radical (unpaired) electrons. The van der Waals surface area contributed by atoms with Crippen molar-refractivity contribution in [2.75, 3.05) is 12.4 Å². The van der Waals surface area contributed by atoms with E-state index in [0.29, 0.717) is 22.7 Å². The van der Waals surface area contributed by atoms with Gasteiger partial charge in [0.2, 0.25) is 0 Å². The van der Waals surface area contributed by atoms with Crippen LogP contribution in [0.3, 0.4) is 0 Å². The molecule has 0 fully saturated rings. The summed E-state index contributed by atoms with van der Waals surface area (Å²) in [6.45, 7) is 0.451. The highest BCUT2D eigenvalue weighted by Crippen LogP contribution is 2.39. The molecule has 30 heavy (non-hydrogen) atoms. The summed E-state index contributed by atoms with van der Waals surface area (Å²) >= 11 is 1.39. The molecule has 5 nitrogen and oxygen atoms in total. The van der Waals surface area contributed by atoms with Crippen LogP contribution in [0.2, 0.25) is 0 Å². The zero-order chi connectivity index (χ0) is 20.9. The van der Waals surface area contributed by atoms with Crippen LogP contribution in [0.25, 0.3) is 6.08 Å². The van der Waals surface area contributed by atoms with Crippen molar-refractivity contribution < 1.29 is 14.3 Å². The molecule has 2 N–H and O–H groups in total. The largest absolute Gasteiger partial charge is 0.497 e. The molecule has 2 amide bonds. The molecule has 0 saturated heterocycles. The molecule has 1 aliphatic rings. The Balaban J connectivity index is 1.47. The summed E-state index contributed by atoms with van der Waals surface area (Å²) in [5.41, 5.74) is 3.09. The zero-order valence-electron chi connectivity index (χ0n) is 16.3. The number of hydrogen-bond acceptors (Lipinski definition) is 4. The van der Waals surface area contributed by atoms with E-state index in [1.54, 1.807) is 19.2 Å². The minimum absolute atomic E-state index is 0.180. The number of amides is 2. The van der Waals surface area contributed by atoms with Crippen LogP contribution in [0.15, 0.2) is 82.6 Å². The van der Waals surface area contributed by atoms with Crippen LogP contribution < -0.4 is 15.4 Å². The lowest BCUT2D eigenvalue weighted by atomic mass is 10.1. The fraction of sp³-hybridized carbons (Fsp3) is 0.0833. The van der Waals surface area contributed by atoms with Crippen LogP contribution in [0.5, 0.6) is 5.75 Å². The molecule has 0 bridgehead atoms. The van der Waals surface area contributed by atoms with E-state index in [0.717, 1.165) is 21.8 Å². The molecule has 3 aromatic carbocycles. The number of anilines is 1. The van der Waals surface area contributed by atoms with Crippen molar-refractivity contribution in [2.24, 2.45) is 0 Å². The number of hydrogen-bond donors (Lipinski definition) is 2. The van der Waals surface area contributed by atoms with E-state index < -0.39 is 0 Å². The van der Waals surface area contributed by atoms with Gasteiger partial charge in [0, 0.05) is 17.0 Å². The SMILES string of the molecule is COc1ccc(C=C2Sc3ccc(C(=O)NCc4ccccc4)cc3NC2=O)cc1. The third kappa shape index (κ3) is 4.55. The summed E-state index contributed by atoms with van der Waals surface area (Å²) in [4.78, 5) is 26.5. The molecule has 3 aromatic rings. The number of rotatable bonds is 5. The molecule has 0 spiro atoms. The Morgan fingerprint density at radius 2 is 1.83 bits per heavy atom. The number of thioether (sulfide) groups is 1. The molecule has 150 valence electrons. The van der Waals surface area contributed by atoms with Gasteiger partial charge in [-0.05, 0) is 47.5 Å². The monoisotopic (exact) mass is 416 g/mol. The highest BCUT2D eigenvalue weighted by Gasteiger charge is 2.22. The Labute approximate surface area is 179 Å². The third-order valence-electron chi connectivity index (χ3n) is 4.64. The van der Waals surface area contributed by atoms with Gasteiger partial charge in [0.15, 0.2) is 0 Å². The first-order valence-electron chi connectivity index (χ1n) is 9.43. The molecule has 4 rings (SSSR count). The van der Waals surface area contributed by atoms with E-state index in [1.807, 2.05) is 66.7 Å². The molecule has 0 aromatic heterocycles. The molecular formula is C24H20N2O3S. The molecule has 0 saturated carbocycles. The average Bonchev–Trinajstić information content (AvgIpc) is 2.79. The van der Waals surface area contributed by atoms with Crippen LogP contribution >= 0.6 is 11.8 Å². The summed E-state index contributed by atoms with van der Waals surface area (Å²) in [5, 5.41) is 5.79. The second-order valence-electron chi connectivity index (χ2n) is 6.72. The first-order chi connectivity index (χ1) is 14.6. The average molecular weight is 417 g/mol. The number of ether oxygens (including phenoxy) is 1. The Hall–Kier alpha value is -3.51. The van der Waals surface area contributed by atoms with Crippen molar-refractivity contribution in [1.29, 1.82) is 0 Å². The van der Waals surface area contributed by atoms with Gasteiger partial charge in [-0.2, -0.15) is 0 Å². The maximum atomic E-state index is 12.6. The van der Waals surface area contributed by atoms with Crippen LogP contribution in [0.1, 0.15) is 21.5 Å². The number of benzene rings is 3. The summed E-state index contributed by atoms with van der Waals surface area (Å²) in [6, 6.07) is 22.6. The lowest BCUT2D eigenvalue weighted by Gasteiger charge is -2.19. The highest BCUT2D eigenvalue weighted by atomic mass is 32.2. The van der Waals surface area contributed by atoms with Gasteiger partial charge in [0.1, 0.15) is 5.75 Å². The predicted octanol–water partition coefficient (Wildman–Crippen LogP) is 4.71. The van der Waals surface area contributed by atoms with Crippen molar-refractivity contribution in [2.45, 2.75) is 11.4 Å². The molecular weight excluding hydrogens is 396 g/mol. The van der Waals surface area contributed by atoms with Gasteiger partial charge >= 0.3 is 0 Å². The van der Waals surface area contributed by atoms with Gasteiger partial charge in [-0.15, -0.1) is 0 Å². The Morgan fingerprint density at radius 1 is 1.07 bits per heavy atom. The van der Waals surface area contributed by atoms with Crippen molar-refractivity contribution >= 4 is 35.3 Å². The first-order valence-corrected chi connectivity index (χ1v) is 10.2. The lowest BCUT2D eigenvalue weighted by Crippen LogP contribution is -2.23. The predicted molar refractivity (Wildman–Crippen MR) is 120 cm³/mol. The van der Waals surface area contributed by atoms with Crippen molar-refractivity contribution in [3.8, 4) is 5.75 Å². The first kappa shape index (κ1) is 19.8. The van der Waals surface area contributed by atoms with Gasteiger partial charge in [-0.25, -0.2) is 0 Å². The molecule has 6 heteroatoms. The number of carbonyl (C=O) groups is 2. The Kier molecular flexibility index (Phi) is 5.86. The smallest absolute Gasteiger partial charge is 0.262 e. The molecule has 1 aliphatic heterocycles. The normalized spacial score (nSPS) is 14.0. The second kappa shape index (κ2) is 8.88. The molecule has 0 atom stereocenters. The van der Waals surface area contributed by atoms with Crippen molar-refractivity contribution in [1.82, 2.24) is 5.32 Å². The van der Waals surface area contributed by atoms with Crippen LogP contribution in [-0.2, 0) is 11.3 Å². The van der Waals surface area contributed by atoms with E-state index in [-0.39, 0.29) is 11.8 Å². The summed E-state index contributed by atoms with van der Waals surface area (Å²) in [7, 11) is 1.62. The van der Waals surface area contributed by atoms with Gasteiger partial charge in [0.25, 0.3) is 11.8 Å². The van der Waals surface area contributed by atoms with Gasteiger partial charge in [-0.3, -0.25) is 9.59 Å². The van der Waals surface area contributed by atoms with E-state index in [1.165, 1.54) is 11.8 Å². The maximum Gasteiger partial charge on any atom is 0.262 e. The number of fused-ring (bicyclic) bond motifs is 1. The topological polar surface area (TPSA) is 67.4 Å². The third-order valence-corrected chi connectivity index (χ3v) is 5.74. The van der Waals surface area contributed by atoms with Gasteiger partial charge in [0.05, 0.1) is 17.7 Å². The standard InChI is InChI=1S/C24H20N2O3S/c1-29-19-10-7-16(8-11-19)13-22-24(28)26-20-14-18(9-12-21(20)30-22)23(27)25-15-17-5-3-2-4-6-17/h2-14H,15H2,1H3,(H,25,27)(H,26,28). The van der Waals surface area contributed by atoms with Crippen LogP contribution in [-0.4, -0.2) is 18.9 Å². The van der Waals surface area contributed by atoms with Gasteiger partial charge in [-0.1, -0.05) is 54.2 Å². The Bertz CT molecular complexity index is 1110. The minimum atomic E-state index is -0.190.